The van der Waals surface area contributed by atoms with Crippen molar-refractivity contribution >= 4 is 40.2 Å². The number of benzene rings is 1. The van der Waals surface area contributed by atoms with E-state index in [1.54, 1.807) is 11.8 Å². The Morgan fingerprint density at radius 2 is 1.90 bits per heavy atom. The second-order valence-electron chi connectivity index (χ2n) is 9.73. The van der Waals surface area contributed by atoms with E-state index in [4.69, 9.17) is 4.74 Å². The number of carbonyl (C=O) groups is 1. The molecule has 2 heterocycles. The third-order valence-corrected chi connectivity index (χ3v) is 6.44. The summed E-state index contributed by atoms with van der Waals surface area (Å²) in [5.41, 5.74) is 5.11. The number of amides is 1. The number of aromatic nitrogens is 4. The number of hydrogen-bond acceptors (Lipinski definition) is 9. The number of hydrogen-bond donors (Lipinski definition) is 3. The summed E-state index contributed by atoms with van der Waals surface area (Å²) in [5.74, 6) is 1.49. The highest BCUT2D eigenvalue weighted by atomic mass is 16.5. The highest BCUT2D eigenvalue weighted by Gasteiger charge is 2.17. The van der Waals surface area contributed by atoms with Crippen LogP contribution >= 0.6 is 0 Å². The fourth-order valence-electron chi connectivity index (χ4n) is 4.30. The van der Waals surface area contributed by atoms with Crippen LogP contribution in [0.2, 0.25) is 0 Å². The second kappa shape index (κ2) is 12.9. The number of anilines is 5. The SMILES string of the molecule is C=CC(=O)Nc1cc(Nc2cc(NC3=C(c4ccn(C)n4)CCC=C3)ncn2)c(OC)cc1N(C)CCN(C)C. The van der Waals surface area contributed by atoms with Gasteiger partial charge in [0.05, 0.1) is 29.9 Å². The van der Waals surface area contributed by atoms with E-state index in [1.165, 1.54) is 12.4 Å². The van der Waals surface area contributed by atoms with Gasteiger partial charge in [-0.3, -0.25) is 9.48 Å². The third-order valence-electron chi connectivity index (χ3n) is 6.44. The van der Waals surface area contributed by atoms with Gasteiger partial charge < -0.3 is 30.5 Å². The maximum atomic E-state index is 12.3. The lowest BCUT2D eigenvalue weighted by molar-refractivity contribution is -0.111. The molecule has 1 aliphatic rings. The fourth-order valence-corrected chi connectivity index (χ4v) is 4.30. The number of rotatable bonds is 12. The van der Waals surface area contributed by atoms with Crippen molar-refractivity contribution in [1.82, 2.24) is 24.6 Å². The summed E-state index contributed by atoms with van der Waals surface area (Å²) in [7, 11) is 9.54. The van der Waals surface area contributed by atoms with Gasteiger partial charge in [-0.2, -0.15) is 5.10 Å². The van der Waals surface area contributed by atoms with E-state index in [9.17, 15) is 4.79 Å². The topological polar surface area (TPSA) is 112 Å². The van der Waals surface area contributed by atoms with Gasteiger partial charge in [0.1, 0.15) is 23.7 Å². The molecule has 40 heavy (non-hydrogen) atoms. The minimum absolute atomic E-state index is 0.301. The van der Waals surface area contributed by atoms with Crippen molar-refractivity contribution in [3.05, 3.63) is 73.0 Å². The Bertz CT molecular complexity index is 1420. The van der Waals surface area contributed by atoms with Gasteiger partial charge in [-0.25, -0.2) is 9.97 Å². The molecular weight excluding hydrogens is 506 g/mol. The van der Waals surface area contributed by atoms with Crippen molar-refractivity contribution in [2.45, 2.75) is 12.8 Å². The molecule has 3 aromatic rings. The van der Waals surface area contributed by atoms with E-state index < -0.39 is 0 Å². The molecule has 11 nitrogen and oxygen atoms in total. The summed E-state index contributed by atoms with van der Waals surface area (Å²) < 4.78 is 7.52. The molecule has 11 heteroatoms. The van der Waals surface area contributed by atoms with Gasteiger partial charge in [-0.15, -0.1) is 0 Å². The van der Waals surface area contributed by atoms with Crippen LogP contribution in [-0.2, 0) is 11.8 Å². The van der Waals surface area contributed by atoms with Crippen LogP contribution in [0.4, 0.5) is 28.7 Å². The maximum Gasteiger partial charge on any atom is 0.247 e. The molecule has 0 radical (unpaired) electrons. The molecule has 2 aromatic heterocycles. The Labute approximate surface area is 235 Å². The zero-order valence-corrected chi connectivity index (χ0v) is 23.7. The first-order chi connectivity index (χ1) is 19.3. The zero-order valence-electron chi connectivity index (χ0n) is 23.7. The molecule has 4 rings (SSSR count). The van der Waals surface area contributed by atoms with Crippen LogP contribution in [-0.4, -0.2) is 71.9 Å². The number of aryl methyl sites for hydroxylation is 1. The number of nitrogens with zero attached hydrogens (tertiary/aromatic N) is 6. The Morgan fingerprint density at radius 3 is 2.58 bits per heavy atom. The Morgan fingerprint density at radius 1 is 1.12 bits per heavy atom. The quantitative estimate of drug-likeness (QED) is 0.289. The van der Waals surface area contributed by atoms with Crippen molar-refractivity contribution in [3.8, 4) is 5.75 Å². The number of ether oxygens (including phenoxy) is 1. The lowest BCUT2D eigenvalue weighted by Gasteiger charge is -2.26. The van der Waals surface area contributed by atoms with Gasteiger partial charge in [-0.05, 0) is 51.2 Å². The van der Waals surface area contributed by atoms with E-state index in [2.05, 4.69) is 59.5 Å². The van der Waals surface area contributed by atoms with E-state index in [1.807, 2.05) is 58.7 Å². The van der Waals surface area contributed by atoms with Crippen molar-refractivity contribution in [2.75, 3.05) is 62.2 Å². The Balaban J connectivity index is 1.62. The molecule has 0 spiro atoms. The minimum Gasteiger partial charge on any atom is -0.494 e. The average Bonchev–Trinajstić information content (AvgIpc) is 3.38. The molecule has 0 saturated heterocycles. The van der Waals surface area contributed by atoms with Gasteiger partial charge in [-0.1, -0.05) is 12.7 Å². The molecule has 3 N–H and O–H groups in total. The number of carbonyl (C=O) groups excluding carboxylic acids is 1. The lowest BCUT2D eigenvalue weighted by atomic mass is 9.99. The van der Waals surface area contributed by atoms with Crippen LogP contribution in [0.3, 0.4) is 0 Å². The average molecular weight is 544 g/mol. The third kappa shape index (κ3) is 7.06. The molecule has 0 atom stereocenters. The van der Waals surface area contributed by atoms with Crippen LogP contribution in [0.1, 0.15) is 18.5 Å². The number of nitrogens with one attached hydrogen (secondary N) is 3. The summed E-state index contributed by atoms with van der Waals surface area (Å²) in [6.45, 7) is 5.19. The largest absolute Gasteiger partial charge is 0.494 e. The van der Waals surface area contributed by atoms with Crippen LogP contribution < -0.4 is 25.6 Å². The molecule has 0 saturated carbocycles. The predicted molar refractivity (Wildman–Crippen MR) is 161 cm³/mol. The first-order valence-corrected chi connectivity index (χ1v) is 13.0. The van der Waals surface area contributed by atoms with E-state index in [0.29, 0.717) is 28.8 Å². The van der Waals surface area contributed by atoms with Gasteiger partial charge in [0, 0.05) is 56.8 Å². The monoisotopic (exact) mass is 543 g/mol. The van der Waals surface area contributed by atoms with Gasteiger partial charge in [0.2, 0.25) is 5.91 Å². The number of allylic oxidation sites excluding steroid dienone is 3. The van der Waals surface area contributed by atoms with Crippen molar-refractivity contribution in [3.63, 3.8) is 0 Å². The van der Waals surface area contributed by atoms with E-state index >= 15 is 0 Å². The maximum absolute atomic E-state index is 12.3. The van der Waals surface area contributed by atoms with E-state index in [-0.39, 0.29) is 5.91 Å². The van der Waals surface area contributed by atoms with Crippen LogP contribution in [0.5, 0.6) is 5.75 Å². The molecule has 210 valence electrons. The summed E-state index contributed by atoms with van der Waals surface area (Å²) in [4.78, 5) is 25.3. The minimum atomic E-state index is -0.301. The molecule has 1 aromatic carbocycles. The molecule has 0 fully saturated rings. The van der Waals surface area contributed by atoms with E-state index in [0.717, 1.165) is 48.6 Å². The van der Waals surface area contributed by atoms with Gasteiger partial charge in [0.25, 0.3) is 0 Å². The Hall–Kier alpha value is -4.64. The highest BCUT2D eigenvalue weighted by Crippen LogP contribution is 2.38. The fraction of sp³-hybridized carbons (Fsp3) is 0.310. The predicted octanol–water partition coefficient (Wildman–Crippen LogP) is 4.26. The molecule has 0 aliphatic heterocycles. The number of likely N-dealkylation sites (N-methyl/N-ethyl adjacent to an activating group) is 2. The van der Waals surface area contributed by atoms with Crippen LogP contribution in [0, 0.1) is 0 Å². The van der Waals surface area contributed by atoms with Crippen LogP contribution in [0.15, 0.2) is 67.3 Å². The summed E-state index contributed by atoms with van der Waals surface area (Å²) in [6.07, 6.45) is 10.7. The smallest absolute Gasteiger partial charge is 0.247 e. The van der Waals surface area contributed by atoms with Crippen LogP contribution in [0.25, 0.3) is 5.57 Å². The Kier molecular flexibility index (Phi) is 9.18. The van der Waals surface area contributed by atoms with Gasteiger partial charge in [0.15, 0.2) is 0 Å². The number of methoxy groups -OCH3 is 1. The molecule has 1 amide bonds. The first-order valence-electron chi connectivity index (χ1n) is 13.0. The zero-order chi connectivity index (χ0) is 28.6. The van der Waals surface area contributed by atoms with Gasteiger partial charge >= 0.3 is 0 Å². The summed E-state index contributed by atoms with van der Waals surface area (Å²) in [5, 5.41) is 14.3. The van der Waals surface area contributed by atoms with Crippen molar-refractivity contribution < 1.29 is 9.53 Å². The second-order valence-corrected chi connectivity index (χ2v) is 9.73. The molecular formula is C29H37N9O2. The molecule has 0 bridgehead atoms. The summed E-state index contributed by atoms with van der Waals surface area (Å²) in [6, 6.07) is 7.57. The standard InChI is InChI=1S/C29H37N9O2/c1-7-29(39)34-23-16-24(26(40-6)17-25(23)37(4)15-14-36(2)3)33-28-18-27(30-19-31-28)32-21-11-9-8-10-20(21)22-12-13-38(5)35-22/h7,9,11-13,16-19H,1,8,10,14-15H2,2-6H3,(H,34,39)(H2,30,31,32,33). The van der Waals surface area contributed by atoms with Crippen molar-refractivity contribution in [1.29, 1.82) is 0 Å². The molecule has 0 unspecified atom stereocenters. The molecule has 1 aliphatic carbocycles. The summed E-state index contributed by atoms with van der Waals surface area (Å²) >= 11 is 0. The lowest BCUT2D eigenvalue weighted by Crippen LogP contribution is -2.29. The highest BCUT2D eigenvalue weighted by molar-refractivity contribution is 6.02. The van der Waals surface area contributed by atoms with Crippen molar-refractivity contribution in [2.24, 2.45) is 7.05 Å². The first kappa shape index (κ1) is 28.4. The normalized spacial score (nSPS) is 12.8.